The van der Waals surface area contributed by atoms with Crippen molar-refractivity contribution < 1.29 is 18.7 Å². The number of morpholine rings is 1. The highest BCUT2D eigenvalue weighted by molar-refractivity contribution is 6.31. The number of hydrogen-bond donors (Lipinski definition) is 0. The van der Waals surface area contributed by atoms with Gasteiger partial charge in [0.1, 0.15) is 5.82 Å². The monoisotopic (exact) mass is 368 g/mol. The number of piperidine rings is 1. The van der Waals surface area contributed by atoms with E-state index < -0.39 is 5.82 Å². The molecule has 1 unspecified atom stereocenters. The third-order valence-electron chi connectivity index (χ3n) is 4.84. The number of carbonyl (C=O) groups excluding carboxylic acids is 2. The molecule has 0 aliphatic carbocycles. The minimum absolute atomic E-state index is 0.0794. The van der Waals surface area contributed by atoms with Gasteiger partial charge >= 0.3 is 0 Å². The zero-order chi connectivity index (χ0) is 17.8. The van der Waals surface area contributed by atoms with Gasteiger partial charge in [0.05, 0.1) is 25.6 Å². The van der Waals surface area contributed by atoms with Gasteiger partial charge in [0.15, 0.2) is 0 Å². The molecule has 2 aliphatic rings. The van der Waals surface area contributed by atoms with Crippen LogP contribution in [0.5, 0.6) is 0 Å². The second kappa shape index (κ2) is 8.15. The highest BCUT2D eigenvalue weighted by Crippen LogP contribution is 2.23. The largest absolute Gasteiger partial charge is 0.378 e. The SMILES string of the molecule is O=C(Cc1c(F)cccc1Cl)N1CCCC(C(=O)N2CCOCC2)C1. The molecule has 0 bridgehead atoms. The molecule has 2 heterocycles. The van der Waals surface area contributed by atoms with Gasteiger partial charge in [-0.3, -0.25) is 9.59 Å². The molecule has 2 saturated heterocycles. The second-order valence-electron chi connectivity index (χ2n) is 6.49. The lowest BCUT2D eigenvalue weighted by atomic mass is 9.95. The molecule has 5 nitrogen and oxygen atoms in total. The number of nitrogens with zero attached hydrogens (tertiary/aromatic N) is 2. The topological polar surface area (TPSA) is 49.9 Å². The molecular weight excluding hydrogens is 347 g/mol. The van der Waals surface area contributed by atoms with Crippen LogP contribution in [0.15, 0.2) is 18.2 Å². The van der Waals surface area contributed by atoms with E-state index in [-0.39, 0.29) is 34.7 Å². The Morgan fingerprint density at radius 2 is 1.96 bits per heavy atom. The summed E-state index contributed by atoms with van der Waals surface area (Å²) in [5.41, 5.74) is 0.218. The number of ether oxygens (including phenoxy) is 1. The van der Waals surface area contributed by atoms with Crippen molar-refractivity contribution in [1.82, 2.24) is 9.80 Å². The average molecular weight is 369 g/mol. The van der Waals surface area contributed by atoms with Crippen molar-refractivity contribution >= 4 is 23.4 Å². The zero-order valence-electron chi connectivity index (χ0n) is 14.0. The molecule has 136 valence electrons. The minimum atomic E-state index is -0.473. The molecule has 7 heteroatoms. The molecule has 0 spiro atoms. The van der Waals surface area contributed by atoms with Crippen molar-refractivity contribution in [2.45, 2.75) is 19.3 Å². The summed E-state index contributed by atoms with van der Waals surface area (Å²) in [7, 11) is 0. The first-order valence-electron chi connectivity index (χ1n) is 8.63. The van der Waals surface area contributed by atoms with E-state index in [2.05, 4.69) is 0 Å². The second-order valence-corrected chi connectivity index (χ2v) is 6.90. The summed E-state index contributed by atoms with van der Waals surface area (Å²) in [5.74, 6) is -0.762. The predicted molar refractivity (Wildman–Crippen MR) is 91.8 cm³/mol. The molecule has 2 aliphatic heterocycles. The maximum atomic E-state index is 13.9. The van der Waals surface area contributed by atoms with Crippen LogP contribution in [-0.2, 0) is 20.7 Å². The molecule has 0 aromatic heterocycles. The Labute approximate surface area is 151 Å². The molecular formula is C18H22ClFN2O3. The number of amides is 2. The first-order chi connectivity index (χ1) is 12.1. The lowest BCUT2D eigenvalue weighted by Crippen LogP contribution is -2.49. The first-order valence-corrected chi connectivity index (χ1v) is 9.01. The lowest BCUT2D eigenvalue weighted by Gasteiger charge is -2.36. The van der Waals surface area contributed by atoms with E-state index in [1.165, 1.54) is 12.1 Å². The Hall–Kier alpha value is -1.66. The Kier molecular flexibility index (Phi) is 5.91. The molecule has 1 aromatic rings. The van der Waals surface area contributed by atoms with Gasteiger partial charge in [0, 0.05) is 36.8 Å². The molecule has 25 heavy (non-hydrogen) atoms. The van der Waals surface area contributed by atoms with E-state index in [1.54, 1.807) is 11.0 Å². The molecule has 2 amide bonds. The third-order valence-corrected chi connectivity index (χ3v) is 5.19. The molecule has 1 aromatic carbocycles. The van der Waals surface area contributed by atoms with Gasteiger partial charge in [-0.1, -0.05) is 17.7 Å². The number of carbonyl (C=O) groups is 2. The van der Waals surface area contributed by atoms with Gasteiger partial charge in [-0.25, -0.2) is 4.39 Å². The van der Waals surface area contributed by atoms with Gasteiger partial charge < -0.3 is 14.5 Å². The maximum absolute atomic E-state index is 13.9. The zero-order valence-corrected chi connectivity index (χ0v) is 14.8. The van der Waals surface area contributed by atoms with Crippen molar-refractivity contribution in [3.8, 4) is 0 Å². The normalized spacial score (nSPS) is 21.3. The summed E-state index contributed by atoms with van der Waals surface area (Å²) < 4.78 is 19.2. The van der Waals surface area contributed by atoms with Crippen molar-refractivity contribution in [3.63, 3.8) is 0 Å². The molecule has 0 radical (unpaired) electrons. The minimum Gasteiger partial charge on any atom is -0.378 e. The van der Waals surface area contributed by atoms with E-state index in [1.807, 2.05) is 4.90 Å². The summed E-state index contributed by atoms with van der Waals surface area (Å²) in [6.45, 7) is 3.32. The number of halogens is 2. The van der Waals surface area contributed by atoms with Crippen LogP contribution in [0.4, 0.5) is 4.39 Å². The van der Waals surface area contributed by atoms with E-state index >= 15 is 0 Å². The van der Waals surface area contributed by atoms with E-state index in [4.69, 9.17) is 16.3 Å². The summed E-state index contributed by atoms with van der Waals surface area (Å²) in [6.07, 6.45) is 1.47. The van der Waals surface area contributed by atoms with E-state index in [9.17, 15) is 14.0 Å². The van der Waals surface area contributed by atoms with Gasteiger partial charge in [0.25, 0.3) is 0 Å². The fraction of sp³-hybridized carbons (Fsp3) is 0.556. The molecule has 3 rings (SSSR count). The van der Waals surface area contributed by atoms with Crippen LogP contribution < -0.4 is 0 Å². The van der Waals surface area contributed by atoms with Gasteiger partial charge in [-0.05, 0) is 25.0 Å². The summed E-state index contributed by atoms with van der Waals surface area (Å²) in [5, 5.41) is 0.256. The van der Waals surface area contributed by atoms with Crippen LogP contribution in [0.1, 0.15) is 18.4 Å². The average Bonchev–Trinajstić information content (AvgIpc) is 2.65. The third kappa shape index (κ3) is 4.30. The number of hydrogen-bond acceptors (Lipinski definition) is 3. The lowest BCUT2D eigenvalue weighted by molar-refractivity contribution is -0.143. The van der Waals surface area contributed by atoms with E-state index in [0.29, 0.717) is 39.4 Å². The quantitative estimate of drug-likeness (QED) is 0.821. The fourth-order valence-corrected chi connectivity index (χ4v) is 3.64. The van der Waals surface area contributed by atoms with Gasteiger partial charge in [-0.15, -0.1) is 0 Å². The van der Waals surface area contributed by atoms with Gasteiger partial charge in [-0.2, -0.15) is 0 Å². The highest BCUT2D eigenvalue weighted by Gasteiger charge is 2.32. The summed E-state index contributed by atoms with van der Waals surface area (Å²) in [6, 6.07) is 4.40. The Morgan fingerprint density at radius 3 is 2.68 bits per heavy atom. The molecule has 0 N–H and O–H groups in total. The van der Waals surface area contributed by atoms with Crippen LogP contribution >= 0.6 is 11.6 Å². The van der Waals surface area contributed by atoms with Crippen LogP contribution in [0.2, 0.25) is 5.02 Å². The number of rotatable bonds is 3. The summed E-state index contributed by atoms with van der Waals surface area (Å²) >= 11 is 6.01. The highest BCUT2D eigenvalue weighted by atomic mass is 35.5. The molecule has 1 atom stereocenters. The number of likely N-dealkylation sites (tertiary alicyclic amines) is 1. The smallest absolute Gasteiger partial charge is 0.227 e. The first kappa shape index (κ1) is 18.1. The Bertz CT molecular complexity index is 629. The van der Waals surface area contributed by atoms with E-state index in [0.717, 1.165) is 12.8 Å². The van der Waals surface area contributed by atoms with Crippen molar-refractivity contribution in [2.75, 3.05) is 39.4 Å². The van der Waals surface area contributed by atoms with Crippen molar-refractivity contribution in [2.24, 2.45) is 5.92 Å². The van der Waals surface area contributed by atoms with Crippen molar-refractivity contribution in [3.05, 3.63) is 34.6 Å². The molecule has 0 saturated carbocycles. The maximum Gasteiger partial charge on any atom is 0.227 e. The van der Waals surface area contributed by atoms with Crippen LogP contribution in [0.25, 0.3) is 0 Å². The Balaban J connectivity index is 1.62. The number of benzene rings is 1. The van der Waals surface area contributed by atoms with Crippen molar-refractivity contribution in [1.29, 1.82) is 0 Å². The Morgan fingerprint density at radius 1 is 1.20 bits per heavy atom. The predicted octanol–water partition coefficient (Wildman–Crippen LogP) is 2.12. The van der Waals surface area contributed by atoms with Crippen LogP contribution in [0.3, 0.4) is 0 Å². The van der Waals surface area contributed by atoms with Gasteiger partial charge in [0.2, 0.25) is 11.8 Å². The summed E-state index contributed by atoms with van der Waals surface area (Å²) in [4.78, 5) is 28.7. The fourth-order valence-electron chi connectivity index (χ4n) is 3.41. The van der Waals surface area contributed by atoms with Crippen LogP contribution in [0, 0.1) is 11.7 Å². The van der Waals surface area contributed by atoms with Crippen LogP contribution in [-0.4, -0.2) is 61.0 Å². The molecule has 2 fully saturated rings. The standard InChI is InChI=1S/C18H22ClFN2O3/c19-15-4-1-5-16(20)14(15)11-17(23)22-6-2-3-13(12-22)18(24)21-7-9-25-10-8-21/h1,4-5,13H,2-3,6-12H2.